The van der Waals surface area contributed by atoms with Crippen LogP contribution in [0.2, 0.25) is 0 Å². The average Bonchev–Trinajstić information content (AvgIpc) is 2.56. The van der Waals surface area contributed by atoms with E-state index in [1.54, 1.807) is 23.1 Å². The fraction of sp³-hybridized carbons (Fsp3) is 0.632. The maximum absolute atomic E-state index is 13.0. The minimum atomic E-state index is -3.75. The number of rotatable bonds is 6. The molecule has 0 aromatic heterocycles. The first-order chi connectivity index (χ1) is 12.1. The van der Waals surface area contributed by atoms with E-state index in [1.807, 2.05) is 34.7 Å². The highest BCUT2D eigenvalue weighted by atomic mass is 32.2. The summed E-state index contributed by atoms with van der Waals surface area (Å²) in [6.07, 6.45) is 0.481. The lowest BCUT2D eigenvalue weighted by molar-refractivity contribution is -0.135. The molecule has 1 saturated heterocycles. The molecule has 2 rings (SSSR count). The van der Waals surface area contributed by atoms with Crippen LogP contribution in [-0.2, 0) is 14.8 Å². The van der Waals surface area contributed by atoms with Gasteiger partial charge in [0.25, 0.3) is 0 Å². The third kappa shape index (κ3) is 5.28. The number of nitrogens with zero attached hydrogens (tertiary/aromatic N) is 2. The second-order valence-electron chi connectivity index (χ2n) is 7.68. The number of aryl methyl sites for hydroxylation is 2. The molecule has 0 bridgehead atoms. The Labute approximate surface area is 157 Å². The Bertz CT molecular complexity index is 738. The first-order valence-corrected chi connectivity index (χ1v) is 10.7. The molecule has 1 aromatic rings. The van der Waals surface area contributed by atoms with Crippen molar-refractivity contribution in [3.8, 4) is 0 Å². The molecule has 1 aromatic carbocycles. The van der Waals surface area contributed by atoms with Gasteiger partial charge in [0, 0.05) is 26.2 Å². The molecule has 1 amide bonds. The first-order valence-electron chi connectivity index (χ1n) is 9.17. The second-order valence-corrected chi connectivity index (χ2v) is 9.39. The van der Waals surface area contributed by atoms with E-state index in [0.29, 0.717) is 19.5 Å². The standard InChI is InChI=1S/C19H31N3O3S/c1-14(2)12-18(19(23)22-10-8-21(5)9-11-22)20-26(24,25)17-7-6-15(3)16(4)13-17/h6-7,13-14,18,20H,8-12H2,1-5H3/t18-/m1/s1. The summed E-state index contributed by atoms with van der Waals surface area (Å²) >= 11 is 0. The van der Waals surface area contributed by atoms with E-state index in [4.69, 9.17) is 0 Å². The van der Waals surface area contributed by atoms with Crippen molar-refractivity contribution in [1.82, 2.24) is 14.5 Å². The lowest BCUT2D eigenvalue weighted by Crippen LogP contribution is -2.54. The molecule has 0 unspecified atom stereocenters. The third-order valence-corrected chi connectivity index (χ3v) is 6.38. The van der Waals surface area contributed by atoms with Crippen LogP contribution in [-0.4, -0.2) is 63.4 Å². The van der Waals surface area contributed by atoms with E-state index < -0.39 is 16.1 Å². The molecule has 1 atom stereocenters. The molecule has 1 heterocycles. The largest absolute Gasteiger partial charge is 0.339 e. The summed E-state index contributed by atoms with van der Waals surface area (Å²) in [6, 6.07) is 4.32. The topological polar surface area (TPSA) is 69.7 Å². The van der Waals surface area contributed by atoms with Gasteiger partial charge in [0.05, 0.1) is 4.90 Å². The van der Waals surface area contributed by atoms with Crippen LogP contribution in [0.15, 0.2) is 23.1 Å². The number of hydrogen-bond donors (Lipinski definition) is 1. The number of benzene rings is 1. The number of carbonyl (C=O) groups excluding carboxylic acids is 1. The fourth-order valence-electron chi connectivity index (χ4n) is 3.05. The van der Waals surface area contributed by atoms with E-state index in [9.17, 15) is 13.2 Å². The Morgan fingerprint density at radius 1 is 1.12 bits per heavy atom. The first kappa shape index (κ1) is 20.9. The van der Waals surface area contributed by atoms with Gasteiger partial charge in [0.15, 0.2) is 0 Å². The molecular weight excluding hydrogens is 350 g/mol. The highest BCUT2D eigenvalue weighted by molar-refractivity contribution is 7.89. The Balaban J connectivity index is 2.20. The lowest BCUT2D eigenvalue weighted by atomic mass is 10.0. The summed E-state index contributed by atoms with van der Waals surface area (Å²) < 4.78 is 28.3. The summed E-state index contributed by atoms with van der Waals surface area (Å²) in [5.41, 5.74) is 1.95. The van der Waals surface area contributed by atoms with Crippen molar-refractivity contribution in [3.63, 3.8) is 0 Å². The van der Waals surface area contributed by atoms with E-state index in [2.05, 4.69) is 9.62 Å². The molecule has 7 heteroatoms. The molecule has 1 aliphatic rings. The van der Waals surface area contributed by atoms with E-state index >= 15 is 0 Å². The number of sulfonamides is 1. The summed E-state index contributed by atoms with van der Waals surface area (Å²) in [4.78, 5) is 17.1. The van der Waals surface area contributed by atoms with Crippen molar-refractivity contribution < 1.29 is 13.2 Å². The van der Waals surface area contributed by atoms with Crippen LogP contribution in [0, 0.1) is 19.8 Å². The quantitative estimate of drug-likeness (QED) is 0.815. The smallest absolute Gasteiger partial charge is 0.241 e. The van der Waals surface area contributed by atoms with Crippen LogP contribution >= 0.6 is 0 Å². The Morgan fingerprint density at radius 3 is 2.27 bits per heavy atom. The predicted octanol–water partition coefficient (Wildman–Crippen LogP) is 1.77. The van der Waals surface area contributed by atoms with Gasteiger partial charge in [0.2, 0.25) is 15.9 Å². The monoisotopic (exact) mass is 381 g/mol. The molecular formula is C19H31N3O3S. The van der Waals surface area contributed by atoms with Crippen LogP contribution < -0.4 is 4.72 Å². The van der Waals surface area contributed by atoms with Crippen LogP contribution in [0.1, 0.15) is 31.4 Å². The molecule has 1 aliphatic heterocycles. The van der Waals surface area contributed by atoms with Crippen molar-refractivity contribution in [1.29, 1.82) is 0 Å². The SMILES string of the molecule is Cc1ccc(S(=O)(=O)N[C@H](CC(C)C)C(=O)N2CCN(C)CC2)cc1C. The van der Waals surface area contributed by atoms with E-state index in [1.165, 1.54) is 0 Å². The van der Waals surface area contributed by atoms with Crippen molar-refractivity contribution in [2.45, 2.75) is 45.1 Å². The van der Waals surface area contributed by atoms with E-state index in [0.717, 1.165) is 24.2 Å². The summed E-state index contributed by atoms with van der Waals surface area (Å²) in [6.45, 7) is 10.7. The number of piperazine rings is 1. The Kier molecular flexibility index (Phi) is 6.82. The molecule has 0 aliphatic carbocycles. The van der Waals surface area contributed by atoms with Gasteiger partial charge in [-0.25, -0.2) is 8.42 Å². The maximum Gasteiger partial charge on any atom is 0.241 e. The summed E-state index contributed by atoms with van der Waals surface area (Å²) in [5.74, 6) is 0.0816. The molecule has 0 spiro atoms. The van der Waals surface area contributed by atoms with Crippen LogP contribution in [0.4, 0.5) is 0 Å². The highest BCUT2D eigenvalue weighted by Gasteiger charge is 2.31. The van der Waals surface area contributed by atoms with Crippen molar-refractivity contribution in [2.24, 2.45) is 5.92 Å². The van der Waals surface area contributed by atoms with Gasteiger partial charge in [-0.3, -0.25) is 4.79 Å². The molecule has 146 valence electrons. The van der Waals surface area contributed by atoms with Crippen LogP contribution in [0.25, 0.3) is 0 Å². The highest BCUT2D eigenvalue weighted by Crippen LogP contribution is 2.17. The maximum atomic E-state index is 13.0. The molecule has 6 nitrogen and oxygen atoms in total. The number of carbonyl (C=O) groups is 1. The second kappa shape index (κ2) is 8.50. The fourth-order valence-corrected chi connectivity index (χ4v) is 4.34. The van der Waals surface area contributed by atoms with Crippen molar-refractivity contribution in [2.75, 3.05) is 33.2 Å². The van der Waals surface area contributed by atoms with Gasteiger partial charge in [-0.2, -0.15) is 4.72 Å². The van der Waals surface area contributed by atoms with Crippen molar-refractivity contribution >= 4 is 15.9 Å². The molecule has 1 N–H and O–H groups in total. The van der Waals surface area contributed by atoms with Gasteiger partial charge in [-0.05, 0) is 56.5 Å². The number of nitrogens with one attached hydrogen (secondary N) is 1. The van der Waals surface area contributed by atoms with Gasteiger partial charge in [-0.1, -0.05) is 19.9 Å². The Morgan fingerprint density at radius 2 is 1.73 bits per heavy atom. The average molecular weight is 382 g/mol. The predicted molar refractivity (Wildman–Crippen MR) is 104 cm³/mol. The van der Waals surface area contributed by atoms with Crippen molar-refractivity contribution in [3.05, 3.63) is 29.3 Å². The van der Waals surface area contributed by atoms with Gasteiger partial charge in [0.1, 0.15) is 6.04 Å². The summed E-state index contributed by atoms with van der Waals surface area (Å²) in [5, 5.41) is 0. The molecule has 26 heavy (non-hydrogen) atoms. The minimum Gasteiger partial charge on any atom is -0.339 e. The molecule has 0 saturated carbocycles. The normalized spacial score (nSPS) is 17.5. The number of hydrogen-bond acceptors (Lipinski definition) is 4. The summed E-state index contributed by atoms with van der Waals surface area (Å²) in [7, 11) is -1.72. The van der Waals surface area contributed by atoms with Crippen LogP contribution in [0.3, 0.4) is 0 Å². The lowest BCUT2D eigenvalue weighted by Gasteiger charge is -2.35. The minimum absolute atomic E-state index is 0.126. The Hall–Kier alpha value is -1.44. The van der Waals surface area contributed by atoms with Gasteiger partial charge in [-0.15, -0.1) is 0 Å². The third-order valence-electron chi connectivity index (χ3n) is 4.91. The molecule has 0 radical (unpaired) electrons. The van der Waals surface area contributed by atoms with Gasteiger partial charge >= 0.3 is 0 Å². The van der Waals surface area contributed by atoms with Gasteiger partial charge < -0.3 is 9.80 Å². The zero-order valence-corrected chi connectivity index (χ0v) is 17.3. The zero-order valence-electron chi connectivity index (χ0n) is 16.4. The number of likely N-dealkylation sites (N-methyl/N-ethyl adjacent to an activating group) is 1. The van der Waals surface area contributed by atoms with Crippen LogP contribution in [0.5, 0.6) is 0 Å². The number of amides is 1. The van der Waals surface area contributed by atoms with E-state index in [-0.39, 0.29) is 16.7 Å². The zero-order chi connectivity index (χ0) is 19.5. The molecule has 1 fully saturated rings.